The highest BCUT2D eigenvalue weighted by molar-refractivity contribution is 7.19. The molecule has 0 unspecified atom stereocenters. The Kier molecular flexibility index (Phi) is 5.20. The van der Waals surface area contributed by atoms with Gasteiger partial charge in [0.05, 0.1) is 0 Å². The molecule has 8 heteroatoms. The lowest BCUT2D eigenvalue weighted by Crippen LogP contribution is -2.34. The van der Waals surface area contributed by atoms with Gasteiger partial charge in [0.1, 0.15) is 0 Å². The van der Waals surface area contributed by atoms with Crippen LogP contribution in [0.3, 0.4) is 0 Å². The summed E-state index contributed by atoms with van der Waals surface area (Å²) in [5.41, 5.74) is 1.62. The maximum absolute atomic E-state index is 12.1. The van der Waals surface area contributed by atoms with E-state index in [9.17, 15) is 4.79 Å². The summed E-state index contributed by atoms with van der Waals surface area (Å²) in [6, 6.07) is 5.02. The van der Waals surface area contributed by atoms with Gasteiger partial charge in [0.15, 0.2) is 0 Å². The molecule has 1 fully saturated rings. The number of urea groups is 1. The van der Waals surface area contributed by atoms with Crippen molar-refractivity contribution in [1.82, 2.24) is 10.2 Å². The van der Waals surface area contributed by atoms with E-state index < -0.39 is 0 Å². The smallest absolute Gasteiger partial charge is 0.325 e. The van der Waals surface area contributed by atoms with E-state index in [1.807, 2.05) is 13.0 Å². The Balaban J connectivity index is 1.62. The zero-order valence-electron chi connectivity index (χ0n) is 13.7. The molecule has 0 bridgehead atoms. The number of piperidine rings is 1. The molecule has 1 atom stereocenters. The maximum atomic E-state index is 12.1. The van der Waals surface area contributed by atoms with E-state index in [0.717, 1.165) is 30.2 Å². The number of anilines is 3. The highest BCUT2D eigenvalue weighted by Crippen LogP contribution is 2.28. The zero-order valence-corrected chi connectivity index (χ0v) is 15.2. The average molecular weight is 366 g/mol. The second-order valence-corrected chi connectivity index (χ2v) is 7.51. The molecule has 3 rings (SSSR count). The lowest BCUT2D eigenvalue weighted by Gasteiger charge is -2.29. The van der Waals surface area contributed by atoms with Gasteiger partial charge in [0.25, 0.3) is 0 Å². The summed E-state index contributed by atoms with van der Waals surface area (Å²) in [5, 5.41) is 15.7. The van der Waals surface area contributed by atoms with Gasteiger partial charge in [-0.1, -0.05) is 35.9 Å². The van der Waals surface area contributed by atoms with Crippen LogP contribution >= 0.6 is 22.9 Å². The van der Waals surface area contributed by atoms with Gasteiger partial charge in [0, 0.05) is 23.8 Å². The normalized spacial score (nSPS) is 17.6. The first kappa shape index (κ1) is 17.0. The Morgan fingerprint density at radius 2 is 2.21 bits per heavy atom. The molecule has 0 spiro atoms. The number of carbonyl (C=O) groups excluding carboxylic acids is 1. The van der Waals surface area contributed by atoms with Crippen molar-refractivity contribution < 1.29 is 4.79 Å². The van der Waals surface area contributed by atoms with E-state index in [1.54, 1.807) is 12.1 Å². The third kappa shape index (κ3) is 4.15. The van der Waals surface area contributed by atoms with Crippen molar-refractivity contribution in [3.63, 3.8) is 0 Å². The van der Waals surface area contributed by atoms with Gasteiger partial charge in [-0.15, -0.1) is 10.2 Å². The van der Waals surface area contributed by atoms with Crippen molar-refractivity contribution in [3.8, 4) is 0 Å². The number of nitrogens with one attached hydrogen (secondary N) is 2. The highest BCUT2D eigenvalue weighted by atomic mass is 35.5. The van der Waals surface area contributed by atoms with Crippen molar-refractivity contribution in [2.24, 2.45) is 5.92 Å². The van der Waals surface area contributed by atoms with Crippen molar-refractivity contribution in [2.75, 3.05) is 28.6 Å². The van der Waals surface area contributed by atoms with E-state index in [2.05, 4.69) is 32.7 Å². The van der Waals surface area contributed by atoms with Crippen LogP contribution in [0, 0.1) is 12.8 Å². The van der Waals surface area contributed by atoms with Crippen molar-refractivity contribution in [3.05, 3.63) is 28.8 Å². The van der Waals surface area contributed by atoms with Gasteiger partial charge in [-0.2, -0.15) is 0 Å². The molecule has 0 saturated carbocycles. The van der Waals surface area contributed by atoms with Crippen LogP contribution in [0.25, 0.3) is 0 Å². The van der Waals surface area contributed by atoms with Crippen LogP contribution in [0.2, 0.25) is 5.02 Å². The summed E-state index contributed by atoms with van der Waals surface area (Å²) < 4.78 is 0. The average Bonchev–Trinajstić information content (AvgIpc) is 2.99. The van der Waals surface area contributed by atoms with Crippen LogP contribution in [0.5, 0.6) is 0 Å². The Morgan fingerprint density at radius 1 is 1.38 bits per heavy atom. The molecular weight excluding hydrogens is 346 g/mol. The SMILES string of the molecule is Cc1ccc(Cl)cc1NC(=O)Nc1nnc(N2CCC[C@H](C)C2)s1. The summed E-state index contributed by atoms with van der Waals surface area (Å²) in [6.07, 6.45) is 2.42. The predicted molar refractivity (Wildman–Crippen MR) is 99.4 cm³/mol. The fourth-order valence-electron chi connectivity index (χ4n) is 2.74. The lowest BCUT2D eigenvalue weighted by atomic mass is 10.0. The fraction of sp³-hybridized carbons (Fsp3) is 0.438. The number of hydrogen-bond donors (Lipinski definition) is 2. The van der Waals surface area contributed by atoms with Gasteiger partial charge in [-0.05, 0) is 43.4 Å². The number of aryl methyl sites for hydroxylation is 1. The molecule has 0 radical (unpaired) electrons. The number of nitrogens with zero attached hydrogens (tertiary/aromatic N) is 3. The Bertz CT molecular complexity index is 735. The molecule has 128 valence electrons. The number of benzene rings is 1. The van der Waals surface area contributed by atoms with E-state index in [4.69, 9.17) is 11.6 Å². The monoisotopic (exact) mass is 365 g/mol. The predicted octanol–water partition coefficient (Wildman–Crippen LogP) is 4.38. The first-order valence-electron chi connectivity index (χ1n) is 7.94. The highest BCUT2D eigenvalue weighted by Gasteiger charge is 2.20. The van der Waals surface area contributed by atoms with E-state index >= 15 is 0 Å². The summed E-state index contributed by atoms with van der Waals surface area (Å²) in [6.45, 7) is 6.13. The van der Waals surface area contributed by atoms with Crippen molar-refractivity contribution in [1.29, 1.82) is 0 Å². The number of amides is 2. The third-order valence-corrected chi connectivity index (χ3v) is 5.14. The molecule has 1 aliphatic heterocycles. The van der Waals surface area contributed by atoms with E-state index in [-0.39, 0.29) is 6.03 Å². The van der Waals surface area contributed by atoms with Gasteiger partial charge < -0.3 is 10.2 Å². The number of rotatable bonds is 3. The second kappa shape index (κ2) is 7.36. The largest absolute Gasteiger partial charge is 0.346 e. The molecule has 0 aliphatic carbocycles. The third-order valence-electron chi connectivity index (χ3n) is 4.01. The molecular formula is C16H20ClN5OS. The van der Waals surface area contributed by atoms with Gasteiger partial charge in [-0.3, -0.25) is 5.32 Å². The van der Waals surface area contributed by atoms with Crippen LogP contribution < -0.4 is 15.5 Å². The van der Waals surface area contributed by atoms with Crippen LogP contribution in [0.4, 0.5) is 20.7 Å². The maximum Gasteiger partial charge on any atom is 0.325 e. The minimum atomic E-state index is -0.352. The second-order valence-electron chi connectivity index (χ2n) is 6.12. The summed E-state index contributed by atoms with van der Waals surface area (Å²) in [4.78, 5) is 14.4. The van der Waals surface area contributed by atoms with Crippen LogP contribution in [0.1, 0.15) is 25.3 Å². The van der Waals surface area contributed by atoms with Gasteiger partial charge >= 0.3 is 6.03 Å². The van der Waals surface area contributed by atoms with Crippen molar-refractivity contribution in [2.45, 2.75) is 26.7 Å². The van der Waals surface area contributed by atoms with Crippen LogP contribution in [-0.2, 0) is 0 Å². The van der Waals surface area contributed by atoms with Gasteiger partial charge in [-0.25, -0.2) is 4.79 Å². The first-order chi connectivity index (χ1) is 11.5. The Labute approximate surface area is 150 Å². The standard InChI is InChI=1S/C16H20ClN5OS/c1-10-4-3-7-22(9-10)16-21-20-15(24-16)19-14(23)18-13-8-12(17)6-5-11(13)2/h5-6,8,10H,3-4,7,9H2,1-2H3,(H2,18,19,20,23)/t10-/m0/s1. The molecule has 2 heterocycles. The fourth-order valence-corrected chi connectivity index (χ4v) is 3.68. The molecule has 2 N–H and O–H groups in total. The topological polar surface area (TPSA) is 70.1 Å². The number of halogens is 1. The zero-order chi connectivity index (χ0) is 17.1. The first-order valence-corrected chi connectivity index (χ1v) is 9.13. The molecule has 1 aliphatic rings. The molecule has 24 heavy (non-hydrogen) atoms. The Hall–Kier alpha value is -1.86. The molecule has 6 nitrogen and oxygen atoms in total. The summed E-state index contributed by atoms with van der Waals surface area (Å²) >= 11 is 7.36. The molecule has 2 amide bonds. The van der Waals surface area contributed by atoms with Gasteiger partial charge in [0.2, 0.25) is 10.3 Å². The number of hydrogen-bond acceptors (Lipinski definition) is 5. The molecule has 2 aromatic rings. The lowest BCUT2D eigenvalue weighted by molar-refractivity contribution is 0.262. The summed E-state index contributed by atoms with van der Waals surface area (Å²) in [5.74, 6) is 0.660. The Morgan fingerprint density at radius 3 is 3.00 bits per heavy atom. The van der Waals surface area contributed by atoms with Crippen molar-refractivity contribution >= 4 is 44.9 Å². The number of carbonyl (C=O) groups is 1. The van der Waals surface area contributed by atoms with E-state index in [1.165, 1.54) is 17.8 Å². The van der Waals surface area contributed by atoms with Crippen LogP contribution in [0.15, 0.2) is 18.2 Å². The quantitative estimate of drug-likeness (QED) is 0.846. The number of aromatic nitrogens is 2. The van der Waals surface area contributed by atoms with Crippen LogP contribution in [-0.4, -0.2) is 29.3 Å². The summed E-state index contributed by atoms with van der Waals surface area (Å²) in [7, 11) is 0. The van der Waals surface area contributed by atoms with E-state index in [0.29, 0.717) is 21.8 Å². The minimum Gasteiger partial charge on any atom is -0.346 e. The molecule has 1 aromatic heterocycles. The minimum absolute atomic E-state index is 0.352. The molecule has 1 aromatic carbocycles. The molecule has 1 saturated heterocycles.